The van der Waals surface area contributed by atoms with E-state index in [4.69, 9.17) is 5.73 Å². The predicted octanol–water partition coefficient (Wildman–Crippen LogP) is 2.05. The number of piperidine rings is 1. The van der Waals surface area contributed by atoms with Crippen LogP contribution in [0.2, 0.25) is 0 Å². The minimum atomic E-state index is 0. The second-order valence-electron chi connectivity index (χ2n) is 3.92. The van der Waals surface area contributed by atoms with Crippen molar-refractivity contribution in [1.29, 1.82) is 0 Å². The first-order valence-corrected chi connectivity index (χ1v) is 6.04. The Morgan fingerprint density at radius 1 is 1.53 bits per heavy atom. The van der Waals surface area contributed by atoms with Crippen molar-refractivity contribution in [3.05, 3.63) is 16.6 Å². The van der Waals surface area contributed by atoms with Gasteiger partial charge in [-0.2, -0.15) is 0 Å². The van der Waals surface area contributed by atoms with Gasteiger partial charge < -0.3 is 5.73 Å². The first kappa shape index (κ1) is 12.9. The average Bonchev–Trinajstić information content (AvgIpc) is 2.71. The van der Waals surface area contributed by atoms with Crippen LogP contribution in [0.5, 0.6) is 0 Å². The third-order valence-corrected chi connectivity index (χ3v) is 3.88. The van der Waals surface area contributed by atoms with Gasteiger partial charge in [0, 0.05) is 30.7 Å². The van der Waals surface area contributed by atoms with Crippen LogP contribution in [0.15, 0.2) is 11.6 Å². The minimum absolute atomic E-state index is 0. The molecule has 0 amide bonds. The van der Waals surface area contributed by atoms with Crippen LogP contribution in [-0.2, 0) is 0 Å². The molecule has 0 radical (unpaired) electrons. The van der Waals surface area contributed by atoms with E-state index in [0.29, 0.717) is 12.1 Å². The van der Waals surface area contributed by atoms with Crippen molar-refractivity contribution in [1.82, 2.24) is 9.88 Å². The highest BCUT2D eigenvalue weighted by Gasteiger charge is 2.22. The Bertz CT molecular complexity index is 270. The zero-order chi connectivity index (χ0) is 9.97. The smallest absolute Gasteiger partial charge is 0.109 e. The van der Waals surface area contributed by atoms with Crippen LogP contribution in [0.1, 0.15) is 30.8 Å². The standard InChI is InChI=1S/C10H17N3S.ClH/c1-8(10-12-4-7-14-10)13-5-2-9(11)3-6-13;/h4,7-9H,2-3,5-6,11H2,1H3;1H. The van der Waals surface area contributed by atoms with Crippen LogP contribution in [-0.4, -0.2) is 29.0 Å². The van der Waals surface area contributed by atoms with Crippen molar-refractivity contribution in [3.63, 3.8) is 0 Å². The summed E-state index contributed by atoms with van der Waals surface area (Å²) in [6.45, 7) is 4.46. The largest absolute Gasteiger partial charge is 0.328 e. The molecular weight excluding hydrogens is 230 g/mol. The van der Waals surface area contributed by atoms with Gasteiger partial charge in [-0.25, -0.2) is 4.98 Å². The number of likely N-dealkylation sites (tertiary alicyclic amines) is 1. The number of nitrogens with zero attached hydrogens (tertiary/aromatic N) is 2. The van der Waals surface area contributed by atoms with E-state index in [-0.39, 0.29) is 12.4 Å². The van der Waals surface area contributed by atoms with Crippen LogP contribution in [0, 0.1) is 0 Å². The maximum atomic E-state index is 5.88. The zero-order valence-electron chi connectivity index (χ0n) is 8.93. The molecule has 0 aromatic carbocycles. The molecule has 1 aliphatic rings. The maximum Gasteiger partial charge on any atom is 0.109 e. The summed E-state index contributed by atoms with van der Waals surface area (Å²) in [4.78, 5) is 6.83. The van der Waals surface area contributed by atoms with Gasteiger partial charge in [-0.1, -0.05) is 0 Å². The lowest BCUT2D eigenvalue weighted by molar-refractivity contribution is 0.163. The molecule has 86 valence electrons. The number of aromatic nitrogens is 1. The van der Waals surface area contributed by atoms with Gasteiger partial charge in [-0.05, 0) is 19.8 Å². The summed E-state index contributed by atoms with van der Waals surface area (Å²) in [6.07, 6.45) is 4.12. The Morgan fingerprint density at radius 3 is 2.73 bits per heavy atom. The topological polar surface area (TPSA) is 42.2 Å². The molecule has 0 spiro atoms. The molecule has 1 saturated heterocycles. The Labute approximate surface area is 101 Å². The van der Waals surface area contributed by atoms with E-state index in [2.05, 4.69) is 16.8 Å². The summed E-state index contributed by atoms with van der Waals surface area (Å²) in [6, 6.07) is 0.872. The van der Waals surface area contributed by atoms with E-state index in [1.54, 1.807) is 11.3 Å². The molecule has 15 heavy (non-hydrogen) atoms. The predicted molar refractivity (Wildman–Crippen MR) is 66.6 cm³/mol. The Kier molecular flexibility index (Phi) is 4.99. The summed E-state index contributed by atoms with van der Waals surface area (Å²) in [5, 5.41) is 3.27. The summed E-state index contributed by atoms with van der Waals surface area (Å²) in [5.41, 5.74) is 5.88. The highest BCUT2D eigenvalue weighted by molar-refractivity contribution is 7.09. The van der Waals surface area contributed by atoms with Gasteiger partial charge in [0.15, 0.2) is 0 Å². The van der Waals surface area contributed by atoms with E-state index in [0.717, 1.165) is 25.9 Å². The molecule has 2 heterocycles. The van der Waals surface area contributed by atoms with Crippen molar-refractivity contribution in [2.45, 2.75) is 31.8 Å². The fourth-order valence-corrected chi connectivity index (χ4v) is 2.63. The summed E-state index contributed by atoms with van der Waals surface area (Å²) < 4.78 is 0. The molecule has 1 atom stereocenters. The number of hydrogen-bond donors (Lipinski definition) is 1. The number of thiazole rings is 1. The molecule has 3 nitrogen and oxygen atoms in total. The van der Waals surface area contributed by atoms with E-state index >= 15 is 0 Å². The third-order valence-electron chi connectivity index (χ3n) is 2.93. The van der Waals surface area contributed by atoms with E-state index in [1.165, 1.54) is 5.01 Å². The summed E-state index contributed by atoms with van der Waals surface area (Å²) >= 11 is 1.74. The van der Waals surface area contributed by atoms with Gasteiger partial charge in [-0.3, -0.25) is 4.90 Å². The number of halogens is 1. The van der Waals surface area contributed by atoms with Crippen LogP contribution >= 0.6 is 23.7 Å². The quantitative estimate of drug-likeness (QED) is 0.870. The molecule has 1 aromatic heterocycles. The van der Waals surface area contributed by atoms with Gasteiger partial charge >= 0.3 is 0 Å². The number of hydrogen-bond acceptors (Lipinski definition) is 4. The zero-order valence-corrected chi connectivity index (χ0v) is 10.6. The van der Waals surface area contributed by atoms with Crippen LogP contribution < -0.4 is 5.73 Å². The lowest BCUT2D eigenvalue weighted by Crippen LogP contribution is -2.40. The fraction of sp³-hybridized carbons (Fsp3) is 0.700. The number of rotatable bonds is 2. The van der Waals surface area contributed by atoms with Gasteiger partial charge in [0.1, 0.15) is 5.01 Å². The lowest BCUT2D eigenvalue weighted by atomic mass is 10.0. The van der Waals surface area contributed by atoms with Gasteiger partial charge in [0.05, 0.1) is 6.04 Å². The van der Waals surface area contributed by atoms with Gasteiger partial charge in [0.2, 0.25) is 0 Å². The maximum absolute atomic E-state index is 5.88. The molecule has 0 saturated carbocycles. The van der Waals surface area contributed by atoms with E-state index < -0.39 is 0 Å². The molecular formula is C10H18ClN3S. The summed E-state index contributed by atoms with van der Waals surface area (Å²) in [7, 11) is 0. The third kappa shape index (κ3) is 3.14. The second-order valence-corrected chi connectivity index (χ2v) is 4.85. The molecule has 1 aromatic rings. The van der Waals surface area contributed by atoms with Crippen molar-refractivity contribution in [2.24, 2.45) is 5.73 Å². The molecule has 0 bridgehead atoms. The minimum Gasteiger partial charge on any atom is -0.328 e. The van der Waals surface area contributed by atoms with Crippen LogP contribution in [0.25, 0.3) is 0 Å². The van der Waals surface area contributed by atoms with Crippen LogP contribution in [0.4, 0.5) is 0 Å². The molecule has 1 aliphatic heterocycles. The normalized spacial score (nSPS) is 20.9. The fourth-order valence-electron chi connectivity index (χ4n) is 1.90. The first-order chi connectivity index (χ1) is 6.77. The van der Waals surface area contributed by atoms with E-state index in [1.807, 2.05) is 11.6 Å². The molecule has 5 heteroatoms. The molecule has 1 unspecified atom stereocenters. The van der Waals surface area contributed by atoms with Crippen LogP contribution in [0.3, 0.4) is 0 Å². The number of nitrogens with two attached hydrogens (primary N) is 1. The Balaban J connectivity index is 0.00000112. The highest BCUT2D eigenvalue weighted by atomic mass is 35.5. The highest BCUT2D eigenvalue weighted by Crippen LogP contribution is 2.24. The molecule has 2 N–H and O–H groups in total. The van der Waals surface area contributed by atoms with Gasteiger partial charge in [-0.15, -0.1) is 23.7 Å². The average molecular weight is 248 g/mol. The second kappa shape index (κ2) is 5.80. The molecule has 1 fully saturated rings. The Hall–Kier alpha value is -0.160. The summed E-state index contributed by atoms with van der Waals surface area (Å²) in [5.74, 6) is 0. The first-order valence-electron chi connectivity index (χ1n) is 5.16. The van der Waals surface area contributed by atoms with Gasteiger partial charge in [0.25, 0.3) is 0 Å². The monoisotopic (exact) mass is 247 g/mol. The molecule has 2 rings (SSSR count). The van der Waals surface area contributed by atoms with E-state index in [9.17, 15) is 0 Å². The SMILES string of the molecule is CC(c1nccs1)N1CCC(N)CC1.Cl. The van der Waals surface area contributed by atoms with Crippen molar-refractivity contribution >= 4 is 23.7 Å². The van der Waals surface area contributed by atoms with Crippen molar-refractivity contribution < 1.29 is 0 Å². The molecule has 0 aliphatic carbocycles. The lowest BCUT2D eigenvalue weighted by Gasteiger charge is -2.33. The van der Waals surface area contributed by atoms with Crippen molar-refractivity contribution in [3.8, 4) is 0 Å². The van der Waals surface area contributed by atoms with Crippen molar-refractivity contribution in [2.75, 3.05) is 13.1 Å². The Morgan fingerprint density at radius 2 is 2.20 bits per heavy atom.